The van der Waals surface area contributed by atoms with E-state index in [0.717, 1.165) is 11.6 Å². The summed E-state index contributed by atoms with van der Waals surface area (Å²) < 4.78 is 10.2. The smallest absolute Gasteiger partial charge is 0.329 e. The number of hydrogen-bond acceptors (Lipinski definition) is 5. The number of benzene rings is 1. The van der Waals surface area contributed by atoms with Crippen molar-refractivity contribution < 1.29 is 23.9 Å². The highest BCUT2D eigenvalue weighted by Crippen LogP contribution is 2.18. The normalized spacial score (nSPS) is 18.1. The highest BCUT2D eigenvalue weighted by Gasteiger charge is 2.36. The zero-order valence-corrected chi connectivity index (χ0v) is 12.4. The van der Waals surface area contributed by atoms with Crippen LogP contribution < -0.4 is 4.74 Å². The summed E-state index contributed by atoms with van der Waals surface area (Å²) in [5.74, 6) is -2.50. The predicted molar refractivity (Wildman–Crippen MR) is 80.0 cm³/mol. The molecule has 0 fully saturated rings. The van der Waals surface area contributed by atoms with E-state index >= 15 is 0 Å². The second kappa shape index (κ2) is 6.85. The Bertz CT molecular complexity index is 669. The number of carbonyl (C=O) groups is 3. The van der Waals surface area contributed by atoms with E-state index in [-0.39, 0.29) is 5.76 Å². The molecule has 0 amide bonds. The third-order valence-corrected chi connectivity index (χ3v) is 3.02. The van der Waals surface area contributed by atoms with Crippen molar-refractivity contribution in [3.63, 3.8) is 0 Å². The summed E-state index contributed by atoms with van der Waals surface area (Å²) in [4.78, 5) is 35.4. The second-order valence-electron chi connectivity index (χ2n) is 4.75. The lowest BCUT2D eigenvalue weighted by Gasteiger charge is -2.15. The van der Waals surface area contributed by atoms with Gasteiger partial charge in [0.1, 0.15) is 11.5 Å². The Morgan fingerprint density at radius 1 is 1.36 bits per heavy atom. The van der Waals surface area contributed by atoms with Gasteiger partial charge in [0.25, 0.3) is 0 Å². The first-order valence-corrected chi connectivity index (χ1v) is 6.90. The molecule has 1 aromatic rings. The Morgan fingerprint density at radius 2 is 2.14 bits per heavy atom. The van der Waals surface area contributed by atoms with Crippen LogP contribution in [0.15, 0.2) is 42.2 Å². The quantitative estimate of drug-likeness (QED) is 0.474. The lowest BCUT2D eigenvalue weighted by Crippen LogP contribution is -2.34. The van der Waals surface area contributed by atoms with E-state index in [2.05, 4.69) is 0 Å². The van der Waals surface area contributed by atoms with Crippen molar-refractivity contribution in [2.75, 3.05) is 6.61 Å². The maximum atomic E-state index is 12.0. The number of hydrogen-bond donors (Lipinski definition) is 0. The van der Waals surface area contributed by atoms with Crippen molar-refractivity contribution >= 4 is 23.6 Å². The summed E-state index contributed by atoms with van der Waals surface area (Å²) in [7, 11) is 0. The van der Waals surface area contributed by atoms with Crippen LogP contribution in [0.4, 0.5) is 0 Å². The molecule has 0 saturated heterocycles. The standard InChI is InChI=1S/C17H16O5/c1-3-21-13-6-4-5-12(10-13)7-8-14(18)16-15(19)9-11(2)22-17(16)20/h4-10,16H,3H2,1-2H3/b8-7+/t16-/m1/s1. The van der Waals surface area contributed by atoms with Crippen LogP contribution in [0.3, 0.4) is 0 Å². The minimum atomic E-state index is -1.41. The molecule has 22 heavy (non-hydrogen) atoms. The first-order valence-electron chi connectivity index (χ1n) is 6.90. The fourth-order valence-electron chi connectivity index (χ4n) is 2.05. The molecular weight excluding hydrogens is 284 g/mol. The molecule has 1 aliphatic rings. The molecule has 0 radical (unpaired) electrons. The molecule has 0 aliphatic carbocycles. The fourth-order valence-corrected chi connectivity index (χ4v) is 2.05. The average Bonchev–Trinajstić information content (AvgIpc) is 2.45. The van der Waals surface area contributed by atoms with Gasteiger partial charge in [-0.3, -0.25) is 14.4 Å². The van der Waals surface area contributed by atoms with Gasteiger partial charge < -0.3 is 9.47 Å². The summed E-state index contributed by atoms with van der Waals surface area (Å²) in [5, 5.41) is 0. The van der Waals surface area contributed by atoms with Crippen LogP contribution in [-0.4, -0.2) is 24.1 Å². The summed E-state index contributed by atoms with van der Waals surface area (Å²) >= 11 is 0. The van der Waals surface area contributed by atoms with E-state index in [9.17, 15) is 14.4 Å². The van der Waals surface area contributed by atoms with Crippen LogP contribution >= 0.6 is 0 Å². The van der Waals surface area contributed by atoms with Crippen LogP contribution in [-0.2, 0) is 19.1 Å². The molecule has 1 atom stereocenters. The van der Waals surface area contributed by atoms with E-state index in [4.69, 9.17) is 9.47 Å². The van der Waals surface area contributed by atoms with Crippen molar-refractivity contribution in [3.8, 4) is 5.75 Å². The summed E-state index contributed by atoms with van der Waals surface area (Å²) in [5.41, 5.74) is 0.739. The van der Waals surface area contributed by atoms with Crippen LogP contribution in [0.25, 0.3) is 6.08 Å². The van der Waals surface area contributed by atoms with Crippen molar-refractivity contribution in [2.45, 2.75) is 13.8 Å². The number of rotatable bonds is 5. The Balaban J connectivity index is 2.13. The third kappa shape index (κ3) is 3.69. The summed E-state index contributed by atoms with van der Waals surface area (Å²) in [6.45, 7) is 3.91. The molecule has 5 heteroatoms. The first-order chi connectivity index (χ1) is 10.5. The van der Waals surface area contributed by atoms with Crippen molar-refractivity contribution in [1.29, 1.82) is 0 Å². The SMILES string of the molecule is CCOc1cccc(/C=C/C(=O)[C@@H]2C(=O)C=C(C)OC2=O)c1. The Kier molecular flexibility index (Phi) is 4.88. The van der Waals surface area contributed by atoms with Gasteiger partial charge in [0.05, 0.1) is 6.61 Å². The minimum Gasteiger partial charge on any atom is -0.494 e. The Hall–Kier alpha value is -2.69. The van der Waals surface area contributed by atoms with Crippen molar-refractivity contribution in [3.05, 3.63) is 47.7 Å². The fraction of sp³-hybridized carbons (Fsp3) is 0.235. The lowest BCUT2D eigenvalue weighted by atomic mass is 9.96. The molecule has 1 heterocycles. The third-order valence-electron chi connectivity index (χ3n) is 3.02. The predicted octanol–water partition coefficient (Wildman–Crippen LogP) is 2.31. The van der Waals surface area contributed by atoms with Gasteiger partial charge in [0, 0.05) is 6.08 Å². The number of allylic oxidation sites excluding steroid dienone is 3. The molecule has 0 spiro atoms. The highest BCUT2D eigenvalue weighted by atomic mass is 16.5. The maximum Gasteiger partial charge on any atom is 0.329 e. The number of ether oxygens (including phenoxy) is 2. The molecular formula is C17H16O5. The van der Waals surface area contributed by atoms with Crippen LogP contribution in [0.1, 0.15) is 19.4 Å². The molecule has 0 saturated carbocycles. The van der Waals surface area contributed by atoms with Crippen LogP contribution in [0.5, 0.6) is 5.75 Å². The van der Waals surface area contributed by atoms with Gasteiger partial charge in [-0.05, 0) is 37.6 Å². The summed E-state index contributed by atoms with van der Waals surface area (Å²) in [6, 6.07) is 7.15. The van der Waals surface area contributed by atoms with Crippen molar-refractivity contribution in [1.82, 2.24) is 0 Å². The largest absolute Gasteiger partial charge is 0.494 e. The minimum absolute atomic E-state index is 0.201. The van der Waals surface area contributed by atoms with E-state index in [1.165, 1.54) is 19.1 Å². The van der Waals surface area contributed by atoms with Gasteiger partial charge >= 0.3 is 5.97 Å². The maximum absolute atomic E-state index is 12.0. The van der Waals surface area contributed by atoms with E-state index in [0.29, 0.717) is 12.4 Å². The van der Waals surface area contributed by atoms with Gasteiger partial charge in [0.15, 0.2) is 17.5 Å². The topological polar surface area (TPSA) is 69.7 Å². The number of ketones is 2. The molecule has 1 aliphatic heterocycles. The van der Waals surface area contributed by atoms with E-state index in [1.807, 2.05) is 6.92 Å². The van der Waals surface area contributed by atoms with Gasteiger partial charge in [-0.25, -0.2) is 0 Å². The number of esters is 1. The number of cyclic esters (lactones) is 1. The lowest BCUT2D eigenvalue weighted by molar-refractivity contribution is -0.151. The summed E-state index contributed by atoms with van der Waals surface area (Å²) in [6.07, 6.45) is 3.91. The first kappa shape index (κ1) is 15.7. The van der Waals surface area contributed by atoms with E-state index in [1.54, 1.807) is 24.3 Å². The van der Waals surface area contributed by atoms with E-state index < -0.39 is 23.5 Å². The zero-order valence-electron chi connectivity index (χ0n) is 12.4. The zero-order chi connectivity index (χ0) is 16.1. The molecule has 0 unspecified atom stereocenters. The van der Waals surface area contributed by atoms with Crippen molar-refractivity contribution in [2.24, 2.45) is 5.92 Å². The number of carbonyl (C=O) groups excluding carboxylic acids is 3. The molecule has 0 aromatic heterocycles. The monoisotopic (exact) mass is 300 g/mol. The molecule has 114 valence electrons. The van der Waals surface area contributed by atoms with Gasteiger partial charge in [-0.2, -0.15) is 0 Å². The molecule has 0 N–H and O–H groups in total. The Labute approximate surface area is 128 Å². The molecule has 1 aromatic carbocycles. The second-order valence-corrected chi connectivity index (χ2v) is 4.75. The Morgan fingerprint density at radius 3 is 2.82 bits per heavy atom. The average molecular weight is 300 g/mol. The van der Waals surface area contributed by atoms with Gasteiger partial charge in [0.2, 0.25) is 0 Å². The molecule has 2 rings (SSSR count). The van der Waals surface area contributed by atoms with Gasteiger partial charge in [-0.15, -0.1) is 0 Å². The molecule has 5 nitrogen and oxygen atoms in total. The molecule has 0 bridgehead atoms. The highest BCUT2D eigenvalue weighted by molar-refractivity contribution is 6.25. The van der Waals surface area contributed by atoms with Crippen LogP contribution in [0, 0.1) is 5.92 Å². The van der Waals surface area contributed by atoms with Crippen LogP contribution in [0.2, 0.25) is 0 Å². The van der Waals surface area contributed by atoms with Gasteiger partial charge in [-0.1, -0.05) is 18.2 Å².